The first-order valence-corrected chi connectivity index (χ1v) is 5.81. The molecule has 1 fully saturated rings. The van der Waals surface area contributed by atoms with Gasteiger partial charge in [-0.25, -0.2) is 0 Å². The molecule has 0 saturated carbocycles. The van der Waals surface area contributed by atoms with Crippen molar-refractivity contribution in [2.75, 3.05) is 18.2 Å². The van der Waals surface area contributed by atoms with Crippen molar-refractivity contribution >= 4 is 29.0 Å². The zero-order valence-electron chi connectivity index (χ0n) is 7.62. The second-order valence-corrected chi connectivity index (χ2v) is 4.90. The molecular weight excluding hydrogens is 188 g/mol. The quantitative estimate of drug-likeness (QED) is 0.687. The van der Waals surface area contributed by atoms with Crippen LogP contribution in [-0.2, 0) is 0 Å². The molecule has 0 spiro atoms. The molecule has 1 unspecified atom stereocenters. The summed E-state index contributed by atoms with van der Waals surface area (Å²) >= 11 is 7.22. The first-order valence-electron chi connectivity index (χ1n) is 4.25. The normalized spacial score (nSPS) is 20.2. The van der Waals surface area contributed by atoms with Crippen molar-refractivity contribution < 1.29 is 0 Å². The van der Waals surface area contributed by atoms with E-state index in [-0.39, 0.29) is 6.04 Å². The summed E-state index contributed by atoms with van der Waals surface area (Å²) in [6.07, 6.45) is 0. The molecule has 1 saturated heterocycles. The van der Waals surface area contributed by atoms with Crippen LogP contribution in [0.25, 0.3) is 0 Å². The Labute approximate surface area is 83.9 Å². The fourth-order valence-corrected chi connectivity index (χ4v) is 2.56. The van der Waals surface area contributed by atoms with Crippen LogP contribution < -0.4 is 5.73 Å². The predicted octanol–water partition coefficient (Wildman–Crippen LogP) is 1.30. The monoisotopic (exact) mass is 204 g/mol. The van der Waals surface area contributed by atoms with Crippen molar-refractivity contribution in [3.63, 3.8) is 0 Å². The highest BCUT2D eigenvalue weighted by Crippen LogP contribution is 2.16. The van der Waals surface area contributed by atoms with Crippen molar-refractivity contribution in [2.24, 2.45) is 11.7 Å². The molecule has 0 aromatic carbocycles. The largest absolute Gasteiger partial charge is 0.355 e. The molecule has 0 bridgehead atoms. The fraction of sp³-hybridized carbons (Fsp3) is 0.875. The van der Waals surface area contributed by atoms with E-state index in [4.69, 9.17) is 18.0 Å². The standard InChI is InChI=1S/C8H16N2S2/c1-6(2)7(9)8(11)10-3-4-12-5-10/h6-7H,3-5,9H2,1-2H3. The van der Waals surface area contributed by atoms with Gasteiger partial charge in [0.05, 0.1) is 16.9 Å². The number of thioether (sulfide) groups is 1. The number of hydrogen-bond acceptors (Lipinski definition) is 3. The van der Waals surface area contributed by atoms with Crippen molar-refractivity contribution in [2.45, 2.75) is 19.9 Å². The van der Waals surface area contributed by atoms with Gasteiger partial charge in [0.15, 0.2) is 0 Å². The Hall–Kier alpha value is 0.200. The third-order valence-electron chi connectivity index (χ3n) is 2.07. The second kappa shape index (κ2) is 4.44. The highest BCUT2D eigenvalue weighted by atomic mass is 32.2. The van der Waals surface area contributed by atoms with Crippen LogP contribution >= 0.6 is 24.0 Å². The summed E-state index contributed by atoms with van der Waals surface area (Å²) in [6.45, 7) is 5.30. The number of thiocarbonyl (C=S) groups is 1. The summed E-state index contributed by atoms with van der Waals surface area (Å²) in [7, 11) is 0. The topological polar surface area (TPSA) is 29.3 Å². The zero-order valence-corrected chi connectivity index (χ0v) is 9.25. The minimum atomic E-state index is 0.0544. The van der Waals surface area contributed by atoms with Gasteiger partial charge in [-0.15, -0.1) is 11.8 Å². The first-order chi connectivity index (χ1) is 5.63. The van der Waals surface area contributed by atoms with E-state index in [1.54, 1.807) is 0 Å². The van der Waals surface area contributed by atoms with Crippen LogP contribution in [0.4, 0.5) is 0 Å². The van der Waals surface area contributed by atoms with E-state index >= 15 is 0 Å². The first kappa shape index (κ1) is 10.3. The van der Waals surface area contributed by atoms with Crippen LogP contribution in [0.3, 0.4) is 0 Å². The van der Waals surface area contributed by atoms with Gasteiger partial charge < -0.3 is 10.6 Å². The van der Waals surface area contributed by atoms with Crippen molar-refractivity contribution in [1.29, 1.82) is 0 Å². The Kier molecular flexibility index (Phi) is 3.80. The molecule has 0 aromatic rings. The van der Waals surface area contributed by atoms with Gasteiger partial charge in [0, 0.05) is 12.3 Å². The fourth-order valence-electron chi connectivity index (χ4n) is 1.08. The van der Waals surface area contributed by atoms with Gasteiger partial charge in [-0.2, -0.15) is 0 Å². The highest BCUT2D eigenvalue weighted by Gasteiger charge is 2.21. The van der Waals surface area contributed by atoms with E-state index < -0.39 is 0 Å². The van der Waals surface area contributed by atoms with Crippen LogP contribution in [0.15, 0.2) is 0 Å². The maximum absolute atomic E-state index is 5.95. The molecule has 0 aromatic heterocycles. The maximum Gasteiger partial charge on any atom is 0.0959 e. The minimum Gasteiger partial charge on any atom is -0.355 e. The van der Waals surface area contributed by atoms with Gasteiger partial charge in [0.1, 0.15) is 0 Å². The van der Waals surface area contributed by atoms with Crippen LogP contribution in [0.1, 0.15) is 13.8 Å². The van der Waals surface area contributed by atoms with Gasteiger partial charge in [-0.05, 0) is 5.92 Å². The molecule has 1 rings (SSSR count). The van der Waals surface area contributed by atoms with E-state index in [1.165, 1.54) is 5.75 Å². The molecule has 1 aliphatic heterocycles. The number of nitrogens with zero attached hydrogens (tertiary/aromatic N) is 1. The van der Waals surface area contributed by atoms with Crippen LogP contribution in [0.5, 0.6) is 0 Å². The van der Waals surface area contributed by atoms with E-state index in [0.717, 1.165) is 17.4 Å². The predicted molar refractivity (Wildman–Crippen MR) is 59.4 cm³/mol. The van der Waals surface area contributed by atoms with Crippen molar-refractivity contribution in [3.8, 4) is 0 Å². The lowest BCUT2D eigenvalue weighted by Gasteiger charge is -2.25. The molecule has 2 nitrogen and oxygen atoms in total. The van der Waals surface area contributed by atoms with Gasteiger partial charge in [-0.3, -0.25) is 0 Å². The molecular formula is C8H16N2S2. The molecule has 70 valence electrons. The van der Waals surface area contributed by atoms with Gasteiger partial charge in [-0.1, -0.05) is 26.1 Å². The summed E-state index contributed by atoms with van der Waals surface area (Å²) in [6, 6.07) is 0.0544. The Morgan fingerprint density at radius 2 is 2.25 bits per heavy atom. The average Bonchev–Trinajstić information content (AvgIpc) is 2.53. The van der Waals surface area contributed by atoms with E-state index in [2.05, 4.69) is 18.7 Å². The Balaban J connectivity index is 2.45. The third-order valence-corrected chi connectivity index (χ3v) is 3.56. The summed E-state index contributed by atoms with van der Waals surface area (Å²) < 4.78 is 0. The molecule has 0 aliphatic carbocycles. The van der Waals surface area contributed by atoms with Gasteiger partial charge in [0.2, 0.25) is 0 Å². The smallest absolute Gasteiger partial charge is 0.0959 e. The van der Waals surface area contributed by atoms with Crippen LogP contribution in [-0.4, -0.2) is 34.1 Å². The summed E-state index contributed by atoms with van der Waals surface area (Å²) in [5, 5.41) is 0. The Morgan fingerprint density at radius 3 is 2.67 bits per heavy atom. The Bertz CT molecular complexity index is 160. The minimum absolute atomic E-state index is 0.0544. The summed E-state index contributed by atoms with van der Waals surface area (Å²) in [5.74, 6) is 2.66. The SMILES string of the molecule is CC(C)C(N)C(=S)N1CCSC1. The summed E-state index contributed by atoms with van der Waals surface area (Å²) in [5.41, 5.74) is 5.95. The third kappa shape index (κ3) is 2.34. The van der Waals surface area contributed by atoms with Gasteiger partial charge in [0.25, 0.3) is 0 Å². The van der Waals surface area contributed by atoms with Gasteiger partial charge >= 0.3 is 0 Å². The molecule has 0 radical (unpaired) electrons. The lowest BCUT2D eigenvalue weighted by atomic mass is 10.1. The lowest BCUT2D eigenvalue weighted by molar-refractivity contribution is 0.491. The van der Waals surface area contributed by atoms with E-state index in [0.29, 0.717) is 5.92 Å². The number of nitrogens with two attached hydrogens (primary N) is 1. The lowest BCUT2D eigenvalue weighted by Crippen LogP contribution is -2.44. The molecule has 4 heteroatoms. The van der Waals surface area contributed by atoms with Crippen molar-refractivity contribution in [3.05, 3.63) is 0 Å². The molecule has 0 amide bonds. The molecule has 2 N–H and O–H groups in total. The second-order valence-electron chi connectivity index (χ2n) is 3.41. The molecule has 1 atom stereocenters. The Morgan fingerprint density at radius 1 is 1.58 bits per heavy atom. The highest BCUT2D eigenvalue weighted by molar-refractivity contribution is 7.99. The molecule has 1 heterocycles. The maximum atomic E-state index is 5.95. The van der Waals surface area contributed by atoms with E-state index in [9.17, 15) is 0 Å². The van der Waals surface area contributed by atoms with Crippen LogP contribution in [0.2, 0.25) is 0 Å². The van der Waals surface area contributed by atoms with Crippen molar-refractivity contribution in [1.82, 2.24) is 4.90 Å². The van der Waals surface area contributed by atoms with Crippen LogP contribution in [0, 0.1) is 5.92 Å². The number of hydrogen-bond donors (Lipinski definition) is 1. The molecule has 1 aliphatic rings. The molecule has 12 heavy (non-hydrogen) atoms. The average molecular weight is 204 g/mol. The number of rotatable bonds is 2. The zero-order chi connectivity index (χ0) is 9.14. The van der Waals surface area contributed by atoms with E-state index in [1.807, 2.05) is 11.8 Å². The summed E-state index contributed by atoms with van der Waals surface area (Å²) in [4.78, 5) is 3.15.